The van der Waals surface area contributed by atoms with Gasteiger partial charge in [0.05, 0.1) is 4.88 Å². The minimum atomic E-state index is 0.0111. The molecule has 1 aromatic heterocycles. The van der Waals surface area contributed by atoms with Crippen LogP contribution in [-0.4, -0.2) is 43.0 Å². The first-order chi connectivity index (χ1) is 13.7. The molecule has 0 spiro atoms. The van der Waals surface area contributed by atoms with Gasteiger partial charge in [-0.3, -0.25) is 9.69 Å². The molecule has 3 heterocycles. The minimum Gasteiger partial charge on any atom is -0.399 e. The summed E-state index contributed by atoms with van der Waals surface area (Å²) in [6.07, 6.45) is 6.19. The Labute approximate surface area is 168 Å². The summed E-state index contributed by atoms with van der Waals surface area (Å²) in [5.41, 5.74) is 11.1. The maximum atomic E-state index is 12.8. The summed E-state index contributed by atoms with van der Waals surface area (Å²) in [5, 5.41) is 6.57. The lowest BCUT2D eigenvalue weighted by molar-refractivity contribution is 0.0971. The van der Waals surface area contributed by atoms with Crippen molar-refractivity contribution in [3.8, 4) is 10.4 Å². The van der Waals surface area contributed by atoms with Crippen LogP contribution in [0.4, 0.5) is 5.69 Å². The molecular weight excluding hydrogens is 368 g/mol. The average Bonchev–Trinajstić information content (AvgIpc) is 3.09. The van der Waals surface area contributed by atoms with Gasteiger partial charge in [-0.25, -0.2) is 0 Å². The van der Waals surface area contributed by atoms with E-state index in [9.17, 15) is 4.79 Å². The van der Waals surface area contributed by atoms with Crippen molar-refractivity contribution in [1.82, 2.24) is 15.5 Å². The number of nitrogens with zero attached hydrogens (tertiary/aromatic N) is 1. The Bertz CT molecular complexity index is 967. The highest BCUT2D eigenvalue weighted by molar-refractivity contribution is 7.17. The molecule has 1 saturated heterocycles. The van der Waals surface area contributed by atoms with Gasteiger partial charge in [-0.1, -0.05) is 18.2 Å². The van der Waals surface area contributed by atoms with Crippen molar-refractivity contribution in [2.24, 2.45) is 0 Å². The first-order valence-electron chi connectivity index (χ1n) is 9.82. The predicted octanol–water partition coefficient (Wildman–Crippen LogP) is 2.77. The maximum absolute atomic E-state index is 12.8. The van der Waals surface area contributed by atoms with Gasteiger partial charge < -0.3 is 16.4 Å². The lowest BCUT2D eigenvalue weighted by Crippen LogP contribution is -2.48. The van der Waals surface area contributed by atoms with E-state index in [1.54, 1.807) is 11.3 Å². The van der Waals surface area contributed by atoms with Crippen LogP contribution in [0.3, 0.4) is 0 Å². The molecule has 6 heteroatoms. The van der Waals surface area contributed by atoms with E-state index in [2.05, 4.69) is 33.8 Å². The van der Waals surface area contributed by atoms with Crippen LogP contribution in [0.5, 0.6) is 0 Å². The number of nitrogens with two attached hydrogens (primary N) is 1. The van der Waals surface area contributed by atoms with E-state index >= 15 is 0 Å². The molecule has 2 aliphatic heterocycles. The normalized spacial score (nSPS) is 22.4. The third-order valence-corrected chi connectivity index (χ3v) is 7.03. The van der Waals surface area contributed by atoms with E-state index in [4.69, 9.17) is 5.73 Å². The van der Waals surface area contributed by atoms with E-state index < -0.39 is 0 Å². The zero-order chi connectivity index (χ0) is 19.1. The fraction of sp³-hybridized carbons (Fsp3) is 0.318. The highest BCUT2D eigenvalue weighted by atomic mass is 32.1. The Morgan fingerprint density at radius 2 is 1.93 bits per heavy atom. The highest BCUT2D eigenvalue weighted by Gasteiger charge is 2.28. The first kappa shape index (κ1) is 17.7. The van der Waals surface area contributed by atoms with Gasteiger partial charge in [0.25, 0.3) is 5.91 Å². The molecule has 0 bridgehead atoms. The summed E-state index contributed by atoms with van der Waals surface area (Å²) >= 11 is 1.57. The zero-order valence-electron chi connectivity index (χ0n) is 15.7. The third-order valence-electron chi connectivity index (χ3n) is 5.80. The van der Waals surface area contributed by atoms with Crippen LogP contribution in [0.25, 0.3) is 10.4 Å². The van der Waals surface area contributed by atoms with Crippen LogP contribution in [0.2, 0.25) is 0 Å². The van der Waals surface area contributed by atoms with E-state index in [1.807, 2.05) is 24.3 Å². The third kappa shape index (κ3) is 3.28. The first-order valence-corrected chi connectivity index (χ1v) is 10.6. The van der Waals surface area contributed by atoms with E-state index in [1.165, 1.54) is 5.57 Å². The fourth-order valence-electron chi connectivity index (χ4n) is 4.27. The Kier molecular flexibility index (Phi) is 4.55. The molecule has 3 aliphatic rings. The molecule has 1 unspecified atom stereocenters. The summed E-state index contributed by atoms with van der Waals surface area (Å²) in [4.78, 5) is 17.3. The van der Waals surface area contributed by atoms with Gasteiger partial charge in [0, 0.05) is 48.5 Å². The van der Waals surface area contributed by atoms with Crippen LogP contribution < -0.4 is 16.4 Å². The molecule has 5 nitrogen and oxygen atoms in total. The number of hydrogen-bond acceptors (Lipinski definition) is 5. The van der Waals surface area contributed by atoms with E-state index in [0.29, 0.717) is 6.04 Å². The van der Waals surface area contributed by atoms with Crippen molar-refractivity contribution in [2.45, 2.75) is 18.9 Å². The number of hydrogen-bond donors (Lipinski definition) is 3. The maximum Gasteiger partial charge on any atom is 0.266 e. The molecule has 0 radical (unpaired) electrons. The van der Waals surface area contributed by atoms with E-state index in [0.717, 1.165) is 71.3 Å². The molecule has 2 aromatic rings. The number of nitrogens with one attached hydrogen (secondary N) is 2. The number of carbonyl (C=O) groups is 1. The topological polar surface area (TPSA) is 70.4 Å². The molecule has 1 amide bonds. The minimum absolute atomic E-state index is 0.0111. The van der Waals surface area contributed by atoms with Gasteiger partial charge in [0.1, 0.15) is 0 Å². The lowest BCUT2D eigenvalue weighted by atomic mass is 9.92. The second-order valence-electron chi connectivity index (χ2n) is 7.65. The Morgan fingerprint density at radius 3 is 2.71 bits per heavy atom. The summed E-state index contributed by atoms with van der Waals surface area (Å²) in [5.74, 6) is 0.0111. The van der Waals surface area contributed by atoms with Crippen molar-refractivity contribution < 1.29 is 4.79 Å². The molecule has 144 valence electrons. The van der Waals surface area contributed by atoms with Gasteiger partial charge >= 0.3 is 0 Å². The van der Waals surface area contributed by atoms with Gasteiger partial charge in [0.2, 0.25) is 0 Å². The number of carbonyl (C=O) groups excluding carboxylic acids is 1. The average molecular weight is 393 g/mol. The van der Waals surface area contributed by atoms with Gasteiger partial charge in [-0.15, -0.1) is 11.3 Å². The number of fused-ring (bicyclic) bond motifs is 1. The predicted molar refractivity (Wildman–Crippen MR) is 114 cm³/mol. The lowest BCUT2D eigenvalue weighted by Gasteiger charge is -2.35. The second kappa shape index (κ2) is 7.20. The molecule has 1 aromatic carbocycles. The number of anilines is 1. The van der Waals surface area contributed by atoms with Crippen molar-refractivity contribution in [3.63, 3.8) is 0 Å². The molecular formula is C22H24N4OS. The number of piperazine rings is 1. The SMILES string of the molecule is Nc1ccc(-c2cc3c(s2)C(=O)NC2=C(C3)CC(N3CCNCC3)C=C2)cc1. The molecule has 1 fully saturated rings. The zero-order valence-corrected chi connectivity index (χ0v) is 16.5. The number of thiophene rings is 1. The smallest absolute Gasteiger partial charge is 0.266 e. The standard InChI is InChI=1S/C22H24N4OS/c23-17-3-1-14(2-4-17)20-13-16-11-15-12-18(26-9-7-24-8-10-26)5-6-19(15)25-22(27)21(16)28-20/h1-6,13,18,24H,7-12,23H2,(H,25,27). The number of rotatable bonds is 2. The molecule has 1 atom stereocenters. The summed E-state index contributed by atoms with van der Waals surface area (Å²) in [6.45, 7) is 4.25. The molecule has 5 rings (SSSR count). The van der Waals surface area contributed by atoms with Crippen LogP contribution in [-0.2, 0) is 6.42 Å². The number of benzene rings is 1. The quantitative estimate of drug-likeness (QED) is 0.688. The van der Waals surface area contributed by atoms with Crippen LogP contribution in [0.1, 0.15) is 21.7 Å². The molecule has 4 N–H and O–H groups in total. The van der Waals surface area contributed by atoms with Crippen molar-refractivity contribution in [2.75, 3.05) is 31.9 Å². The number of amides is 1. The summed E-state index contributed by atoms with van der Waals surface area (Å²) in [6, 6.07) is 10.5. The Balaban J connectivity index is 1.42. The van der Waals surface area contributed by atoms with Crippen LogP contribution >= 0.6 is 11.3 Å². The second-order valence-corrected chi connectivity index (χ2v) is 8.70. The highest BCUT2D eigenvalue weighted by Crippen LogP contribution is 2.37. The monoisotopic (exact) mass is 392 g/mol. The van der Waals surface area contributed by atoms with Crippen molar-refractivity contribution in [1.29, 1.82) is 0 Å². The van der Waals surface area contributed by atoms with Gasteiger partial charge in [-0.05, 0) is 53.8 Å². The Morgan fingerprint density at radius 1 is 1.14 bits per heavy atom. The van der Waals surface area contributed by atoms with Crippen molar-refractivity contribution >= 4 is 22.9 Å². The molecule has 1 aliphatic carbocycles. The van der Waals surface area contributed by atoms with Gasteiger partial charge in [-0.2, -0.15) is 0 Å². The van der Waals surface area contributed by atoms with Gasteiger partial charge in [0.15, 0.2) is 0 Å². The van der Waals surface area contributed by atoms with Crippen LogP contribution in [0, 0.1) is 0 Å². The molecule has 28 heavy (non-hydrogen) atoms. The van der Waals surface area contributed by atoms with Crippen LogP contribution in [0.15, 0.2) is 53.8 Å². The molecule has 0 saturated carbocycles. The fourth-order valence-corrected chi connectivity index (χ4v) is 5.35. The number of nitrogen functional groups attached to an aromatic ring is 1. The summed E-state index contributed by atoms with van der Waals surface area (Å²) in [7, 11) is 0. The van der Waals surface area contributed by atoms with E-state index in [-0.39, 0.29) is 5.91 Å². The largest absolute Gasteiger partial charge is 0.399 e. The number of allylic oxidation sites excluding steroid dienone is 1. The summed E-state index contributed by atoms with van der Waals surface area (Å²) < 4.78 is 0. The Hall–Kier alpha value is -2.41. The van der Waals surface area contributed by atoms with Crippen molar-refractivity contribution in [3.05, 3.63) is 64.2 Å².